The quantitative estimate of drug-likeness (QED) is 0.538. The van der Waals surface area contributed by atoms with Crippen molar-refractivity contribution >= 4 is 33.9 Å². The summed E-state index contributed by atoms with van der Waals surface area (Å²) in [5.41, 5.74) is 5.53. The van der Waals surface area contributed by atoms with Crippen molar-refractivity contribution in [3.8, 4) is 0 Å². The molecule has 0 spiro atoms. The topological polar surface area (TPSA) is 109 Å². The predicted molar refractivity (Wildman–Crippen MR) is 130 cm³/mol. The van der Waals surface area contributed by atoms with Gasteiger partial charge in [-0.05, 0) is 0 Å². The molecular formula is C23H31BN2O5S2. The van der Waals surface area contributed by atoms with Gasteiger partial charge in [-0.25, -0.2) is 0 Å². The van der Waals surface area contributed by atoms with Gasteiger partial charge in [0.15, 0.2) is 0 Å². The van der Waals surface area contributed by atoms with Crippen LogP contribution in [0.3, 0.4) is 0 Å². The Hall–Kier alpha value is -1.59. The van der Waals surface area contributed by atoms with E-state index in [4.69, 9.17) is 4.74 Å². The molecule has 1 unspecified atom stereocenters. The Morgan fingerprint density at radius 2 is 2.06 bits per heavy atom. The molecule has 0 fully saturated rings. The number of hydrogen-bond donors (Lipinski definition) is 3. The number of thiazole rings is 1. The Morgan fingerprint density at radius 1 is 1.33 bits per heavy atom. The summed E-state index contributed by atoms with van der Waals surface area (Å²) in [6, 6.07) is 2.24. The van der Waals surface area contributed by atoms with Crippen LogP contribution < -0.4 is 4.72 Å². The molecule has 2 aliphatic rings. The Morgan fingerprint density at radius 3 is 2.70 bits per heavy atom. The van der Waals surface area contributed by atoms with E-state index in [1.54, 1.807) is 13.8 Å². The average Bonchev–Trinajstić information content (AvgIpc) is 3.34. The van der Waals surface area contributed by atoms with Gasteiger partial charge >= 0.3 is 200 Å². The van der Waals surface area contributed by atoms with E-state index in [1.807, 2.05) is 6.92 Å². The van der Waals surface area contributed by atoms with E-state index in [0.29, 0.717) is 31.5 Å². The number of sulfonamides is 1. The molecule has 0 saturated carbocycles. The molecule has 10 heteroatoms. The SMILES string of the molecule is CC(C)c1c2c(cc3c1CC(NS(=O)(=O)c1sc(C(C)(C)O)nc1CO)=BCC3C)COC2. The summed E-state index contributed by atoms with van der Waals surface area (Å²) < 4.78 is 35.1. The van der Waals surface area contributed by atoms with Crippen LogP contribution in [0, 0.1) is 0 Å². The fourth-order valence-electron chi connectivity index (χ4n) is 4.68. The van der Waals surface area contributed by atoms with Crippen molar-refractivity contribution in [2.24, 2.45) is 0 Å². The second-order valence-corrected chi connectivity index (χ2v) is 12.6. The van der Waals surface area contributed by atoms with Crippen molar-refractivity contribution in [3.63, 3.8) is 0 Å². The molecule has 33 heavy (non-hydrogen) atoms. The van der Waals surface area contributed by atoms with Crippen molar-refractivity contribution in [2.75, 3.05) is 0 Å². The molecular weight excluding hydrogens is 459 g/mol. The van der Waals surface area contributed by atoms with Gasteiger partial charge < -0.3 is 0 Å². The van der Waals surface area contributed by atoms with Crippen LogP contribution in [-0.4, -0.2) is 36.1 Å². The molecule has 178 valence electrons. The zero-order valence-corrected chi connectivity index (χ0v) is 21.4. The van der Waals surface area contributed by atoms with Gasteiger partial charge in [-0.3, -0.25) is 0 Å². The fourth-order valence-corrected chi connectivity index (χ4v) is 7.31. The minimum absolute atomic E-state index is 0.0467. The van der Waals surface area contributed by atoms with Crippen molar-refractivity contribution < 1.29 is 23.4 Å². The summed E-state index contributed by atoms with van der Waals surface area (Å²) in [6.45, 7) is 12.2. The molecule has 1 aromatic heterocycles. The number of aliphatic hydroxyl groups excluding tert-OH is 1. The van der Waals surface area contributed by atoms with Crippen LogP contribution in [0.25, 0.3) is 0 Å². The molecule has 0 bridgehead atoms. The van der Waals surface area contributed by atoms with Gasteiger partial charge in [0, 0.05) is 0 Å². The minimum atomic E-state index is -3.98. The third kappa shape index (κ3) is 4.68. The molecule has 2 aromatic rings. The zero-order chi connectivity index (χ0) is 24.1. The van der Waals surface area contributed by atoms with Gasteiger partial charge in [0.2, 0.25) is 0 Å². The number of aromatic nitrogens is 1. The Labute approximate surface area is 200 Å². The standard InChI is InChI=1S/C23H31BN2O5S2/c1-12(2)20-16-7-19(24-8-13(3)15(16)6-14-10-31-11-17(14)20)26-33(29,30)21-18(9-27)25-22(32-21)23(4,5)28/h6,12-13,26-28H,7-11H2,1-5H3. The van der Waals surface area contributed by atoms with E-state index in [1.165, 1.54) is 27.8 Å². The van der Waals surface area contributed by atoms with Crippen molar-refractivity contribution in [1.82, 2.24) is 9.71 Å². The Bertz CT molecular complexity index is 1210. The van der Waals surface area contributed by atoms with Gasteiger partial charge in [-0.1, -0.05) is 0 Å². The molecule has 0 saturated heterocycles. The third-order valence-electron chi connectivity index (χ3n) is 6.26. The average molecular weight is 490 g/mol. The second-order valence-electron chi connectivity index (χ2n) is 9.76. The number of nitrogens with zero attached hydrogens (tertiary/aromatic N) is 1. The van der Waals surface area contributed by atoms with Gasteiger partial charge in [0.1, 0.15) is 0 Å². The van der Waals surface area contributed by atoms with Gasteiger partial charge in [0.05, 0.1) is 0 Å². The second kappa shape index (κ2) is 8.89. The number of benzene rings is 1. The van der Waals surface area contributed by atoms with E-state index >= 15 is 0 Å². The van der Waals surface area contributed by atoms with Crippen molar-refractivity contribution in [3.05, 3.63) is 44.6 Å². The number of rotatable bonds is 6. The molecule has 1 aromatic carbocycles. The molecule has 0 radical (unpaired) electrons. The maximum absolute atomic E-state index is 13.3. The van der Waals surface area contributed by atoms with E-state index < -0.39 is 22.2 Å². The number of fused-ring (bicyclic) bond motifs is 2. The summed E-state index contributed by atoms with van der Waals surface area (Å²) in [4.78, 5) is 4.17. The van der Waals surface area contributed by atoms with E-state index in [-0.39, 0.29) is 26.7 Å². The van der Waals surface area contributed by atoms with Crippen molar-refractivity contribution in [1.29, 1.82) is 0 Å². The molecule has 4 rings (SSSR count). The first-order valence-electron chi connectivity index (χ1n) is 11.2. The van der Waals surface area contributed by atoms with Gasteiger partial charge in [0.25, 0.3) is 0 Å². The van der Waals surface area contributed by atoms with E-state index in [2.05, 4.69) is 36.5 Å². The third-order valence-corrected chi connectivity index (χ3v) is 9.63. The summed E-state index contributed by atoms with van der Waals surface area (Å²) in [7, 11) is -3.98. The van der Waals surface area contributed by atoms with Gasteiger partial charge in [-0.15, -0.1) is 0 Å². The predicted octanol–water partition coefficient (Wildman–Crippen LogP) is 2.91. The van der Waals surface area contributed by atoms with E-state index in [9.17, 15) is 18.6 Å². The number of nitrogens with one attached hydrogen (secondary N) is 1. The summed E-state index contributed by atoms with van der Waals surface area (Å²) in [5.74, 6) is 0.541. The summed E-state index contributed by atoms with van der Waals surface area (Å²) in [5, 5.41) is 20.2. The van der Waals surface area contributed by atoms with Gasteiger partial charge in [-0.2, -0.15) is 0 Å². The first-order valence-corrected chi connectivity index (χ1v) is 13.5. The van der Waals surface area contributed by atoms with Crippen LogP contribution >= 0.6 is 11.3 Å². The Balaban J connectivity index is 1.73. The molecule has 7 nitrogen and oxygen atoms in total. The number of aliphatic hydroxyl groups is 2. The number of hydrogen-bond acceptors (Lipinski definition) is 7. The monoisotopic (exact) mass is 490 g/mol. The first kappa shape index (κ1) is 24.5. The van der Waals surface area contributed by atoms with Crippen LogP contribution in [0.1, 0.15) is 85.0 Å². The zero-order valence-electron chi connectivity index (χ0n) is 19.7. The van der Waals surface area contributed by atoms with Crippen LogP contribution in [0.15, 0.2) is 10.3 Å². The van der Waals surface area contributed by atoms with Crippen LogP contribution in [0.4, 0.5) is 0 Å². The molecule has 1 atom stereocenters. The maximum atomic E-state index is 13.3. The molecule has 0 amide bonds. The number of ether oxygens (including phenoxy) is 1. The summed E-state index contributed by atoms with van der Waals surface area (Å²) >= 11 is 0.887. The fraction of sp³-hybridized carbons (Fsp3) is 0.565. The van der Waals surface area contributed by atoms with Crippen molar-refractivity contribution in [2.45, 2.75) is 88.8 Å². The normalized spacial score (nSPS) is 18.4. The van der Waals surface area contributed by atoms with Crippen LogP contribution in [0.2, 0.25) is 6.32 Å². The Kier molecular flexibility index (Phi) is 6.61. The molecule has 0 aliphatic carbocycles. The first-order chi connectivity index (χ1) is 15.4. The molecule has 3 heterocycles. The molecule has 3 N–H and O–H groups in total. The van der Waals surface area contributed by atoms with Crippen LogP contribution in [-0.2, 0) is 46.6 Å². The van der Waals surface area contributed by atoms with Crippen LogP contribution in [0.5, 0.6) is 0 Å². The summed E-state index contributed by atoms with van der Waals surface area (Å²) in [6.07, 6.45) is 1.19. The van der Waals surface area contributed by atoms with E-state index in [0.717, 1.165) is 11.3 Å². The molecule has 2 aliphatic heterocycles.